The van der Waals surface area contributed by atoms with Crippen LogP contribution in [0.5, 0.6) is 0 Å². The summed E-state index contributed by atoms with van der Waals surface area (Å²) in [5.41, 5.74) is 0. The number of hydrogen-bond donors (Lipinski definition) is 0. The minimum atomic E-state index is -0.232. The first kappa shape index (κ1) is 11.3. The number of methoxy groups -OCH3 is 1. The lowest BCUT2D eigenvalue weighted by Gasteiger charge is -1.95. The van der Waals surface area contributed by atoms with Crippen molar-refractivity contribution in [1.82, 2.24) is 0 Å². The van der Waals surface area contributed by atoms with Gasteiger partial charge in [0.1, 0.15) is 0 Å². The summed E-state index contributed by atoms with van der Waals surface area (Å²) >= 11 is 0. The van der Waals surface area contributed by atoms with E-state index in [1.165, 1.54) is 39.2 Å². The first-order chi connectivity index (χ1) is 6.77. The van der Waals surface area contributed by atoms with Crippen molar-refractivity contribution in [2.24, 2.45) is 11.8 Å². The number of esters is 1. The van der Waals surface area contributed by atoms with Gasteiger partial charge in [-0.25, -0.2) is 4.79 Å². The molecule has 1 aliphatic rings. The number of hydrogen-bond acceptors (Lipinski definition) is 2. The van der Waals surface area contributed by atoms with Gasteiger partial charge in [0.2, 0.25) is 0 Å². The van der Waals surface area contributed by atoms with Crippen LogP contribution in [0.25, 0.3) is 0 Å². The van der Waals surface area contributed by atoms with Gasteiger partial charge in [-0.05, 0) is 24.7 Å². The van der Waals surface area contributed by atoms with Crippen molar-refractivity contribution in [2.45, 2.75) is 39.0 Å². The van der Waals surface area contributed by atoms with Crippen molar-refractivity contribution >= 4 is 5.97 Å². The van der Waals surface area contributed by atoms with E-state index in [0.717, 1.165) is 5.92 Å². The Morgan fingerprint density at radius 1 is 1.50 bits per heavy atom. The second-order valence-electron chi connectivity index (χ2n) is 4.04. The highest BCUT2D eigenvalue weighted by Gasteiger charge is 2.33. The van der Waals surface area contributed by atoms with Gasteiger partial charge >= 0.3 is 5.97 Å². The number of carbonyl (C=O) groups is 1. The molecule has 1 rings (SSSR count). The predicted octanol–water partition coefficient (Wildman–Crippen LogP) is 2.93. The van der Waals surface area contributed by atoms with Crippen LogP contribution < -0.4 is 0 Å². The molecule has 14 heavy (non-hydrogen) atoms. The molecule has 0 amide bonds. The van der Waals surface area contributed by atoms with Crippen molar-refractivity contribution < 1.29 is 9.53 Å². The monoisotopic (exact) mass is 196 g/mol. The normalized spacial score (nSPS) is 25.3. The third-order valence-corrected chi connectivity index (χ3v) is 2.84. The second-order valence-corrected chi connectivity index (χ2v) is 4.04. The molecule has 0 saturated heterocycles. The Hall–Kier alpha value is -0.790. The summed E-state index contributed by atoms with van der Waals surface area (Å²) in [6.07, 6.45) is 10.1. The molecule has 0 N–H and O–H groups in total. The Kier molecular flexibility index (Phi) is 4.71. The van der Waals surface area contributed by atoms with Crippen LogP contribution in [0.4, 0.5) is 0 Å². The van der Waals surface area contributed by atoms with Crippen molar-refractivity contribution in [1.29, 1.82) is 0 Å². The van der Waals surface area contributed by atoms with E-state index in [1.54, 1.807) is 6.08 Å². The van der Waals surface area contributed by atoms with Gasteiger partial charge < -0.3 is 4.74 Å². The van der Waals surface area contributed by atoms with Gasteiger partial charge in [0.15, 0.2) is 0 Å². The summed E-state index contributed by atoms with van der Waals surface area (Å²) in [6.45, 7) is 2.22. The van der Waals surface area contributed by atoms with Crippen molar-refractivity contribution in [2.75, 3.05) is 7.11 Å². The van der Waals surface area contributed by atoms with Crippen molar-refractivity contribution in [3.05, 3.63) is 12.2 Å². The summed E-state index contributed by atoms with van der Waals surface area (Å²) in [4.78, 5) is 10.8. The topological polar surface area (TPSA) is 26.3 Å². The second kappa shape index (κ2) is 5.84. The molecule has 2 atom stereocenters. The molecule has 80 valence electrons. The van der Waals surface area contributed by atoms with E-state index in [-0.39, 0.29) is 5.97 Å². The first-order valence-electron chi connectivity index (χ1n) is 5.54. The summed E-state index contributed by atoms with van der Waals surface area (Å²) in [6, 6.07) is 0. The molecule has 0 spiro atoms. The molecule has 0 radical (unpaired) electrons. The fourth-order valence-corrected chi connectivity index (χ4v) is 1.77. The standard InChI is InChI=1S/C12H20O2/c1-3-4-5-6-10-9-11(10)7-8-12(13)14-2/h7-8,10-11H,3-6,9H2,1-2H3/b8-7+/t10-,11-/m1/s1. The maximum atomic E-state index is 10.8. The molecule has 0 bridgehead atoms. The zero-order chi connectivity index (χ0) is 10.4. The largest absolute Gasteiger partial charge is 0.466 e. The molecule has 2 heteroatoms. The maximum absolute atomic E-state index is 10.8. The minimum Gasteiger partial charge on any atom is -0.466 e. The lowest BCUT2D eigenvalue weighted by atomic mass is 10.1. The summed E-state index contributed by atoms with van der Waals surface area (Å²) in [5.74, 6) is 1.25. The zero-order valence-electron chi connectivity index (χ0n) is 9.16. The average Bonchev–Trinajstić information content (AvgIpc) is 2.94. The molecular formula is C12H20O2. The lowest BCUT2D eigenvalue weighted by molar-refractivity contribution is -0.134. The highest BCUT2D eigenvalue weighted by atomic mass is 16.5. The summed E-state index contributed by atoms with van der Waals surface area (Å²) < 4.78 is 4.54. The zero-order valence-corrected chi connectivity index (χ0v) is 9.16. The van der Waals surface area contributed by atoms with Gasteiger partial charge in [-0.1, -0.05) is 32.3 Å². The predicted molar refractivity (Wildman–Crippen MR) is 56.9 cm³/mol. The highest BCUT2D eigenvalue weighted by molar-refractivity contribution is 5.81. The molecule has 1 fully saturated rings. The van der Waals surface area contributed by atoms with Gasteiger partial charge in [0.25, 0.3) is 0 Å². The highest BCUT2D eigenvalue weighted by Crippen LogP contribution is 2.43. The molecule has 2 nitrogen and oxygen atoms in total. The Balaban J connectivity index is 2.07. The van der Waals surface area contributed by atoms with Crippen LogP contribution >= 0.6 is 0 Å². The fraction of sp³-hybridized carbons (Fsp3) is 0.750. The molecule has 0 aromatic heterocycles. The smallest absolute Gasteiger partial charge is 0.330 e. The Morgan fingerprint density at radius 3 is 2.93 bits per heavy atom. The van der Waals surface area contributed by atoms with Crippen molar-refractivity contribution in [3.63, 3.8) is 0 Å². The SMILES string of the molecule is CCCCC[C@@H]1C[C@H]1/C=C/C(=O)OC. The van der Waals surface area contributed by atoms with Crippen LogP contribution in [0, 0.1) is 11.8 Å². The first-order valence-corrected chi connectivity index (χ1v) is 5.54. The molecule has 0 aliphatic heterocycles. The molecular weight excluding hydrogens is 176 g/mol. The van der Waals surface area contributed by atoms with E-state index in [2.05, 4.69) is 11.7 Å². The maximum Gasteiger partial charge on any atom is 0.330 e. The third-order valence-electron chi connectivity index (χ3n) is 2.84. The summed E-state index contributed by atoms with van der Waals surface area (Å²) in [5, 5.41) is 0. The van der Waals surface area contributed by atoms with Crippen LogP contribution in [0.3, 0.4) is 0 Å². The van der Waals surface area contributed by atoms with E-state index in [4.69, 9.17) is 0 Å². The van der Waals surface area contributed by atoms with E-state index in [1.807, 2.05) is 6.08 Å². The number of allylic oxidation sites excluding steroid dienone is 1. The van der Waals surface area contributed by atoms with Gasteiger partial charge in [-0.15, -0.1) is 0 Å². The van der Waals surface area contributed by atoms with Crippen LogP contribution in [-0.2, 0) is 9.53 Å². The molecule has 0 aromatic carbocycles. The van der Waals surface area contributed by atoms with Gasteiger partial charge in [-0.3, -0.25) is 0 Å². The van der Waals surface area contributed by atoms with Crippen molar-refractivity contribution in [3.8, 4) is 0 Å². The molecule has 0 heterocycles. The molecule has 0 unspecified atom stereocenters. The van der Waals surface area contributed by atoms with Crippen LogP contribution in [0.1, 0.15) is 39.0 Å². The quantitative estimate of drug-likeness (QED) is 0.371. The summed E-state index contributed by atoms with van der Waals surface area (Å²) in [7, 11) is 1.41. The average molecular weight is 196 g/mol. The van der Waals surface area contributed by atoms with E-state index < -0.39 is 0 Å². The molecule has 1 aliphatic carbocycles. The van der Waals surface area contributed by atoms with E-state index in [9.17, 15) is 4.79 Å². The number of unbranched alkanes of at least 4 members (excludes halogenated alkanes) is 2. The van der Waals surface area contributed by atoms with Gasteiger partial charge in [0.05, 0.1) is 7.11 Å². The van der Waals surface area contributed by atoms with Crippen LogP contribution in [0.15, 0.2) is 12.2 Å². The van der Waals surface area contributed by atoms with E-state index in [0.29, 0.717) is 5.92 Å². The minimum absolute atomic E-state index is 0.232. The lowest BCUT2D eigenvalue weighted by Crippen LogP contribution is -1.93. The van der Waals surface area contributed by atoms with Gasteiger partial charge in [0, 0.05) is 6.08 Å². The Morgan fingerprint density at radius 2 is 2.29 bits per heavy atom. The Bertz CT molecular complexity index is 208. The number of ether oxygens (including phenoxy) is 1. The fourth-order valence-electron chi connectivity index (χ4n) is 1.77. The molecule has 1 saturated carbocycles. The molecule has 0 aromatic rings. The number of carbonyl (C=O) groups excluding carboxylic acids is 1. The van der Waals surface area contributed by atoms with Crippen LogP contribution in [0.2, 0.25) is 0 Å². The van der Waals surface area contributed by atoms with E-state index >= 15 is 0 Å². The Labute approximate surface area is 86.3 Å². The van der Waals surface area contributed by atoms with Gasteiger partial charge in [-0.2, -0.15) is 0 Å². The third kappa shape index (κ3) is 3.95. The number of rotatable bonds is 6. The van der Waals surface area contributed by atoms with Crippen LogP contribution in [-0.4, -0.2) is 13.1 Å².